The SMILES string of the molecule is Cc1cccc2nc(C(=O)NCC(C)(C)CO)cn12. The molecular weight excluding hydrogens is 242 g/mol. The fourth-order valence-electron chi connectivity index (χ4n) is 1.72. The Balaban J connectivity index is 2.16. The molecule has 0 aromatic carbocycles. The second kappa shape index (κ2) is 5.01. The van der Waals surface area contributed by atoms with Gasteiger partial charge in [0.2, 0.25) is 0 Å². The Labute approximate surface area is 112 Å². The Kier molecular flexibility index (Phi) is 3.57. The molecule has 2 aromatic rings. The summed E-state index contributed by atoms with van der Waals surface area (Å²) >= 11 is 0. The number of imidazole rings is 1. The molecule has 0 unspecified atom stereocenters. The van der Waals surface area contributed by atoms with Gasteiger partial charge in [0, 0.05) is 30.5 Å². The van der Waals surface area contributed by atoms with Crippen molar-refractivity contribution in [3.63, 3.8) is 0 Å². The fraction of sp³-hybridized carbons (Fsp3) is 0.429. The number of fused-ring (bicyclic) bond motifs is 1. The van der Waals surface area contributed by atoms with E-state index in [2.05, 4.69) is 10.3 Å². The Hall–Kier alpha value is -1.88. The average Bonchev–Trinajstić information content (AvgIpc) is 2.81. The molecule has 0 aliphatic carbocycles. The lowest BCUT2D eigenvalue weighted by Gasteiger charge is -2.21. The number of carbonyl (C=O) groups is 1. The van der Waals surface area contributed by atoms with Gasteiger partial charge >= 0.3 is 0 Å². The summed E-state index contributed by atoms with van der Waals surface area (Å²) in [7, 11) is 0. The molecule has 0 aliphatic heterocycles. The predicted molar refractivity (Wildman–Crippen MR) is 73.1 cm³/mol. The van der Waals surface area contributed by atoms with E-state index >= 15 is 0 Å². The van der Waals surface area contributed by atoms with Gasteiger partial charge < -0.3 is 14.8 Å². The van der Waals surface area contributed by atoms with Crippen molar-refractivity contribution in [3.05, 3.63) is 35.8 Å². The number of carbonyl (C=O) groups excluding carboxylic acids is 1. The van der Waals surface area contributed by atoms with Gasteiger partial charge in [-0.2, -0.15) is 0 Å². The van der Waals surface area contributed by atoms with Gasteiger partial charge in [-0.05, 0) is 19.1 Å². The Bertz CT molecular complexity index is 602. The summed E-state index contributed by atoms with van der Waals surface area (Å²) in [6.07, 6.45) is 1.73. The maximum absolute atomic E-state index is 12.0. The zero-order valence-electron chi connectivity index (χ0n) is 11.5. The highest BCUT2D eigenvalue weighted by Gasteiger charge is 2.19. The number of nitrogens with one attached hydrogen (secondary N) is 1. The van der Waals surface area contributed by atoms with Gasteiger partial charge in [0.15, 0.2) is 0 Å². The summed E-state index contributed by atoms with van der Waals surface area (Å²) in [6, 6.07) is 5.74. The van der Waals surface area contributed by atoms with Gasteiger partial charge in [0.25, 0.3) is 5.91 Å². The quantitative estimate of drug-likeness (QED) is 0.874. The molecule has 0 aliphatic rings. The van der Waals surface area contributed by atoms with Crippen LogP contribution >= 0.6 is 0 Å². The first-order chi connectivity index (χ1) is 8.93. The highest BCUT2D eigenvalue weighted by Crippen LogP contribution is 2.12. The molecule has 2 rings (SSSR count). The van der Waals surface area contributed by atoms with Crippen LogP contribution in [0.25, 0.3) is 5.65 Å². The van der Waals surface area contributed by atoms with Gasteiger partial charge in [0.1, 0.15) is 11.3 Å². The molecule has 0 bridgehead atoms. The molecule has 2 N–H and O–H groups in total. The lowest BCUT2D eigenvalue weighted by Crippen LogP contribution is -2.36. The van der Waals surface area contributed by atoms with Crippen LogP contribution in [0.1, 0.15) is 30.0 Å². The van der Waals surface area contributed by atoms with Crippen molar-refractivity contribution in [2.24, 2.45) is 5.41 Å². The Morgan fingerprint density at radius 3 is 2.84 bits per heavy atom. The van der Waals surface area contributed by atoms with Crippen LogP contribution in [0.15, 0.2) is 24.4 Å². The van der Waals surface area contributed by atoms with E-state index in [4.69, 9.17) is 5.11 Å². The number of aryl methyl sites for hydroxylation is 1. The number of hydrogen-bond donors (Lipinski definition) is 2. The molecule has 0 fully saturated rings. The lowest BCUT2D eigenvalue weighted by molar-refractivity contribution is 0.0906. The van der Waals surface area contributed by atoms with E-state index in [-0.39, 0.29) is 17.9 Å². The Morgan fingerprint density at radius 2 is 2.21 bits per heavy atom. The van der Waals surface area contributed by atoms with Crippen molar-refractivity contribution in [3.8, 4) is 0 Å². The summed E-state index contributed by atoms with van der Waals surface area (Å²) in [5, 5.41) is 12.0. The zero-order chi connectivity index (χ0) is 14.0. The predicted octanol–water partition coefficient (Wildman–Crippen LogP) is 1.39. The summed E-state index contributed by atoms with van der Waals surface area (Å²) in [4.78, 5) is 16.3. The molecule has 2 heterocycles. The highest BCUT2D eigenvalue weighted by molar-refractivity contribution is 5.92. The van der Waals surface area contributed by atoms with Crippen LogP contribution in [-0.4, -0.2) is 33.6 Å². The number of aliphatic hydroxyl groups is 1. The van der Waals surface area contributed by atoms with Crippen LogP contribution in [0.2, 0.25) is 0 Å². The minimum absolute atomic E-state index is 0.0254. The fourth-order valence-corrected chi connectivity index (χ4v) is 1.72. The van der Waals surface area contributed by atoms with Gasteiger partial charge in [0.05, 0.1) is 0 Å². The number of pyridine rings is 1. The molecule has 0 spiro atoms. The maximum atomic E-state index is 12.0. The normalized spacial score (nSPS) is 11.8. The Morgan fingerprint density at radius 1 is 1.47 bits per heavy atom. The third-order valence-corrected chi connectivity index (χ3v) is 3.08. The second-order valence-corrected chi connectivity index (χ2v) is 5.53. The maximum Gasteiger partial charge on any atom is 0.271 e. The van der Waals surface area contributed by atoms with Crippen molar-refractivity contribution in [1.29, 1.82) is 0 Å². The topological polar surface area (TPSA) is 66.6 Å². The summed E-state index contributed by atoms with van der Waals surface area (Å²) < 4.78 is 1.88. The largest absolute Gasteiger partial charge is 0.396 e. The van der Waals surface area contributed by atoms with E-state index in [1.165, 1.54) is 0 Å². The number of aliphatic hydroxyl groups excluding tert-OH is 1. The standard InChI is InChI=1S/C14H19N3O2/c1-10-5-4-6-12-16-11(7-17(10)12)13(19)15-8-14(2,3)9-18/h4-7,18H,8-9H2,1-3H3,(H,15,19). The van der Waals surface area contributed by atoms with Crippen LogP contribution in [0.5, 0.6) is 0 Å². The molecule has 0 saturated heterocycles. The first-order valence-corrected chi connectivity index (χ1v) is 6.27. The molecule has 5 nitrogen and oxygen atoms in total. The summed E-state index contributed by atoms with van der Waals surface area (Å²) in [6.45, 7) is 6.18. The van der Waals surface area contributed by atoms with Crippen molar-refractivity contribution in [2.45, 2.75) is 20.8 Å². The third-order valence-electron chi connectivity index (χ3n) is 3.08. The molecule has 0 radical (unpaired) electrons. The number of aromatic nitrogens is 2. The summed E-state index contributed by atoms with van der Waals surface area (Å²) in [5.41, 5.74) is 1.85. The number of rotatable bonds is 4. The second-order valence-electron chi connectivity index (χ2n) is 5.53. The molecular formula is C14H19N3O2. The lowest BCUT2D eigenvalue weighted by atomic mass is 9.95. The first-order valence-electron chi connectivity index (χ1n) is 6.27. The van der Waals surface area contributed by atoms with Gasteiger partial charge in [-0.3, -0.25) is 4.79 Å². The third kappa shape index (κ3) is 2.93. The van der Waals surface area contributed by atoms with Crippen molar-refractivity contribution in [2.75, 3.05) is 13.2 Å². The van der Waals surface area contributed by atoms with E-state index in [0.717, 1.165) is 11.3 Å². The van der Waals surface area contributed by atoms with Gasteiger partial charge in [-0.15, -0.1) is 0 Å². The van der Waals surface area contributed by atoms with E-state index in [1.807, 2.05) is 43.4 Å². The van der Waals surface area contributed by atoms with E-state index in [1.54, 1.807) is 6.20 Å². The molecule has 1 amide bonds. The van der Waals surface area contributed by atoms with E-state index in [0.29, 0.717) is 12.2 Å². The zero-order valence-corrected chi connectivity index (χ0v) is 11.5. The smallest absolute Gasteiger partial charge is 0.271 e. The van der Waals surface area contributed by atoms with Gasteiger partial charge in [-0.1, -0.05) is 19.9 Å². The molecule has 5 heteroatoms. The molecule has 2 aromatic heterocycles. The average molecular weight is 261 g/mol. The molecule has 0 atom stereocenters. The monoisotopic (exact) mass is 261 g/mol. The minimum Gasteiger partial charge on any atom is -0.396 e. The van der Waals surface area contributed by atoms with Crippen molar-refractivity contribution < 1.29 is 9.90 Å². The molecule has 102 valence electrons. The van der Waals surface area contributed by atoms with Crippen LogP contribution < -0.4 is 5.32 Å². The van der Waals surface area contributed by atoms with Gasteiger partial charge in [-0.25, -0.2) is 4.98 Å². The van der Waals surface area contributed by atoms with Crippen LogP contribution in [0, 0.1) is 12.3 Å². The van der Waals surface area contributed by atoms with E-state index < -0.39 is 0 Å². The van der Waals surface area contributed by atoms with Crippen molar-refractivity contribution >= 4 is 11.6 Å². The number of amides is 1. The number of nitrogens with zero attached hydrogens (tertiary/aromatic N) is 2. The first kappa shape index (κ1) is 13.5. The van der Waals surface area contributed by atoms with Crippen LogP contribution in [0.3, 0.4) is 0 Å². The molecule has 19 heavy (non-hydrogen) atoms. The van der Waals surface area contributed by atoms with Crippen LogP contribution in [0.4, 0.5) is 0 Å². The minimum atomic E-state index is -0.329. The van der Waals surface area contributed by atoms with E-state index in [9.17, 15) is 4.79 Å². The number of hydrogen-bond acceptors (Lipinski definition) is 3. The summed E-state index contributed by atoms with van der Waals surface area (Å²) in [5.74, 6) is -0.218. The van der Waals surface area contributed by atoms with Crippen LogP contribution in [-0.2, 0) is 0 Å². The highest BCUT2D eigenvalue weighted by atomic mass is 16.3. The van der Waals surface area contributed by atoms with Crippen molar-refractivity contribution in [1.82, 2.24) is 14.7 Å². The molecule has 0 saturated carbocycles.